The maximum Gasteiger partial charge on any atom is 0.314 e. The number of aryl methyl sites for hydroxylation is 1. The van der Waals surface area contributed by atoms with Gasteiger partial charge < -0.3 is 9.52 Å². The fourth-order valence-electron chi connectivity index (χ4n) is 1.17. The summed E-state index contributed by atoms with van der Waals surface area (Å²) < 4.78 is 5.37. The second-order valence-electron chi connectivity index (χ2n) is 3.18. The van der Waals surface area contributed by atoms with E-state index in [2.05, 4.69) is 17.1 Å². The Morgan fingerprint density at radius 3 is 3.00 bits per heavy atom. The maximum atomic E-state index is 10.4. The minimum absolute atomic E-state index is 0.0771. The number of hydrogen-bond donors (Lipinski definition) is 1. The number of carbonyl (C=O) groups is 1. The number of aliphatic carboxylic acids is 1. The van der Waals surface area contributed by atoms with Crippen LogP contribution in [0.2, 0.25) is 0 Å². The fraction of sp³-hybridized carbons (Fsp3) is 0.300. The molecule has 7 heteroatoms. The molecule has 0 aromatic carbocycles. The number of aromatic nitrogens is 2. The molecule has 0 aliphatic heterocycles. The molecule has 0 atom stereocenters. The minimum atomic E-state index is -0.904. The second-order valence-corrected chi connectivity index (χ2v) is 5.27. The first-order valence-electron chi connectivity index (χ1n) is 4.96. The first-order valence-corrected chi connectivity index (χ1v) is 6.76. The Morgan fingerprint density at radius 2 is 2.35 bits per heavy atom. The smallest absolute Gasteiger partial charge is 0.314 e. The van der Waals surface area contributed by atoms with E-state index in [0.29, 0.717) is 5.89 Å². The van der Waals surface area contributed by atoms with E-state index in [1.54, 1.807) is 11.3 Å². The van der Waals surface area contributed by atoms with E-state index >= 15 is 0 Å². The molecule has 5 nitrogen and oxygen atoms in total. The lowest BCUT2D eigenvalue weighted by molar-refractivity contribution is -0.133. The molecule has 0 aliphatic carbocycles. The topological polar surface area (TPSA) is 76.2 Å². The summed E-state index contributed by atoms with van der Waals surface area (Å²) in [7, 11) is 0. The maximum absolute atomic E-state index is 10.4. The van der Waals surface area contributed by atoms with Crippen LogP contribution in [0.25, 0.3) is 10.8 Å². The van der Waals surface area contributed by atoms with Gasteiger partial charge in [0, 0.05) is 4.88 Å². The van der Waals surface area contributed by atoms with Crippen LogP contribution < -0.4 is 0 Å². The van der Waals surface area contributed by atoms with E-state index in [0.717, 1.165) is 23.1 Å². The van der Waals surface area contributed by atoms with Crippen LogP contribution in [0.5, 0.6) is 0 Å². The van der Waals surface area contributed by atoms with Crippen molar-refractivity contribution in [2.45, 2.75) is 18.6 Å². The number of thioether (sulfide) groups is 1. The summed E-state index contributed by atoms with van der Waals surface area (Å²) >= 11 is 2.62. The van der Waals surface area contributed by atoms with Crippen molar-refractivity contribution < 1.29 is 14.3 Å². The molecule has 2 rings (SSSR count). The molecule has 0 unspecified atom stereocenters. The van der Waals surface area contributed by atoms with Gasteiger partial charge in [0.25, 0.3) is 11.1 Å². The van der Waals surface area contributed by atoms with Crippen molar-refractivity contribution in [1.29, 1.82) is 0 Å². The zero-order valence-corrected chi connectivity index (χ0v) is 10.7. The van der Waals surface area contributed by atoms with E-state index in [9.17, 15) is 4.79 Å². The third kappa shape index (κ3) is 3.07. The highest BCUT2D eigenvalue weighted by atomic mass is 32.2. The molecular formula is C10H10N2O3S2. The first-order chi connectivity index (χ1) is 8.19. The van der Waals surface area contributed by atoms with Gasteiger partial charge >= 0.3 is 5.97 Å². The molecule has 2 aromatic heterocycles. The molecular weight excluding hydrogens is 260 g/mol. The Bertz CT molecular complexity index is 521. The van der Waals surface area contributed by atoms with Crippen LogP contribution in [0.4, 0.5) is 0 Å². The van der Waals surface area contributed by atoms with E-state index in [1.807, 2.05) is 12.1 Å². The van der Waals surface area contributed by atoms with Crippen LogP contribution in [-0.4, -0.2) is 27.0 Å². The zero-order chi connectivity index (χ0) is 12.3. The third-order valence-electron chi connectivity index (χ3n) is 1.95. The Balaban J connectivity index is 2.09. The van der Waals surface area contributed by atoms with Gasteiger partial charge in [-0.1, -0.05) is 18.7 Å². The predicted molar refractivity (Wildman–Crippen MR) is 65.3 cm³/mol. The monoisotopic (exact) mass is 270 g/mol. The molecule has 0 aliphatic rings. The highest BCUT2D eigenvalue weighted by Gasteiger charge is 2.12. The summed E-state index contributed by atoms with van der Waals surface area (Å²) in [6.07, 6.45) is 0.972. The summed E-state index contributed by atoms with van der Waals surface area (Å²) in [5.74, 6) is -0.534. The molecule has 1 N–H and O–H groups in total. The lowest BCUT2D eigenvalue weighted by Gasteiger charge is -1.89. The van der Waals surface area contributed by atoms with Crippen molar-refractivity contribution in [3.05, 3.63) is 17.0 Å². The lowest BCUT2D eigenvalue weighted by Crippen LogP contribution is -1.97. The van der Waals surface area contributed by atoms with Crippen molar-refractivity contribution >= 4 is 29.1 Å². The van der Waals surface area contributed by atoms with Gasteiger partial charge in [-0.15, -0.1) is 21.5 Å². The third-order valence-corrected chi connectivity index (χ3v) is 3.97. The zero-order valence-electron chi connectivity index (χ0n) is 9.04. The van der Waals surface area contributed by atoms with E-state index in [4.69, 9.17) is 9.52 Å². The normalized spacial score (nSPS) is 10.6. The molecule has 0 saturated heterocycles. The van der Waals surface area contributed by atoms with Crippen molar-refractivity contribution in [2.75, 3.05) is 5.75 Å². The highest BCUT2D eigenvalue weighted by molar-refractivity contribution is 7.99. The lowest BCUT2D eigenvalue weighted by atomic mass is 10.4. The summed E-state index contributed by atoms with van der Waals surface area (Å²) in [5, 5.41) is 16.5. The molecule has 17 heavy (non-hydrogen) atoms. The molecule has 0 radical (unpaired) electrons. The van der Waals surface area contributed by atoms with Crippen LogP contribution in [0.3, 0.4) is 0 Å². The van der Waals surface area contributed by atoms with E-state index < -0.39 is 5.97 Å². The van der Waals surface area contributed by atoms with Gasteiger partial charge in [-0.25, -0.2) is 0 Å². The largest absolute Gasteiger partial charge is 0.481 e. The summed E-state index contributed by atoms with van der Waals surface area (Å²) in [6, 6.07) is 3.96. The van der Waals surface area contributed by atoms with Gasteiger partial charge in [-0.3, -0.25) is 4.79 Å². The van der Waals surface area contributed by atoms with Crippen LogP contribution >= 0.6 is 23.1 Å². The van der Waals surface area contributed by atoms with Crippen molar-refractivity contribution in [2.24, 2.45) is 0 Å². The van der Waals surface area contributed by atoms with Crippen molar-refractivity contribution in [1.82, 2.24) is 10.2 Å². The highest BCUT2D eigenvalue weighted by Crippen LogP contribution is 2.29. The minimum Gasteiger partial charge on any atom is -0.481 e. The van der Waals surface area contributed by atoms with Crippen LogP contribution in [0, 0.1) is 0 Å². The van der Waals surface area contributed by atoms with Crippen molar-refractivity contribution in [3.8, 4) is 10.8 Å². The number of carboxylic acid groups (broad SMARTS) is 1. The molecule has 0 spiro atoms. The molecule has 90 valence electrons. The predicted octanol–water partition coefficient (Wildman–Crippen LogP) is 2.54. The first kappa shape index (κ1) is 12.1. The Labute approximate surface area is 106 Å². The Kier molecular flexibility index (Phi) is 3.80. The van der Waals surface area contributed by atoms with Crippen LogP contribution in [0.15, 0.2) is 21.8 Å². The molecule has 2 aromatic rings. The van der Waals surface area contributed by atoms with Crippen molar-refractivity contribution in [3.63, 3.8) is 0 Å². The number of thiophene rings is 1. The van der Waals surface area contributed by atoms with Gasteiger partial charge in [-0.2, -0.15) is 0 Å². The number of hydrogen-bond acceptors (Lipinski definition) is 6. The Hall–Kier alpha value is -1.34. The molecule has 2 heterocycles. The average Bonchev–Trinajstić information content (AvgIpc) is 2.94. The van der Waals surface area contributed by atoms with Gasteiger partial charge in [0.1, 0.15) is 5.75 Å². The summed E-state index contributed by atoms with van der Waals surface area (Å²) in [5.41, 5.74) is 0. The number of nitrogens with zero attached hydrogens (tertiary/aromatic N) is 2. The fourth-order valence-corrected chi connectivity index (χ4v) is 2.53. The summed E-state index contributed by atoms with van der Waals surface area (Å²) in [6.45, 7) is 2.08. The molecule has 0 fully saturated rings. The van der Waals surface area contributed by atoms with E-state index in [1.165, 1.54) is 4.88 Å². The van der Waals surface area contributed by atoms with Gasteiger partial charge in [-0.05, 0) is 18.6 Å². The number of rotatable bonds is 5. The van der Waals surface area contributed by atoms with Gasteiger partial charge in [0.2, 0.25) is 0 Å². The second kappa shape index (κ2) is 5.33. The molecule has 0 saturated carbocycles. The standard InChI is InChI=1S/C10H10N2O3S2/c1-2-6-3-4-7(17-6)9-11-12-10(15-9)16-5-8(13)14/h3-4H,2,5H2,1H3,(H,13,14). The molecule has 0 bridgehead atoms. The van der Waals surface area contributed by atoms with Gasteiger partial charge in [0.05, 0.1) is 4.88 Å². The summed E-state index contributed by atoms with van der Waals surface area (Å²) in [4.78, 5) is 12.5. The van der Waals surface area contributed by atoms with Gasteiger partial charge in [0.15, 0.2) is 0 Å². The SMILES string of the molecule is CCc1ccc(-c2nnc(SCC(=O)O)o2)s1. The number of carboxylic acids is 1. The molecule has 0 amide bonds. The van der Waals surface area contributed by atoms with E-state index in [-0.39, 0.29) is 11.0 Å². The van der Waals surface area contributed by atoms with Crippen LogP contribution in [0.1, 0.15) is 11.8 Å². The van der Waals surface area contributed by atoms with Crippen LogP contribution in [-0.2, 0) is 11.2 Å². The quantitative estimate of drug-likeness (QED) is 0.841. The Morgan fingerprint density at radius 1 is 1.53 bits per heavy atom. The average molecular weight is 270 g/mol.